The molecular weight excluding hydrogens is 440 g/mol. The number of aromatic carboxylic acids is 1. The molecule has 4 rings (SSSR count). The van der Waals surface area contributed by atoms with Gasteiger partial charge in [-0.1, -0.05) is 42.0 Å². The molecule has 0 aliphatic rings. The van der Waals surface area contributed by atoms with Crippen LogP contribution in [-0.4, -0.2) is 25.6 Å². The molecular formula is C25H17ClN4O3. The van der Waals surface area contributed by atoms with Gasteiger partial charge in [-0.25, -0.2) is 9.78 Å². The van der Waals surface area contributed by atoms with Crippen LogP contribution in [0.5, 0.6) is 0 Å². The summed E-state index contributed by atoms with van der Waals surface area (Å²) in [5.74, 6) is -0.513. The number of carbonyl (C=O) groups is 1. The normalized spacial score (nSPS) is 11.1. The number of allylic oxidation sites excluding steroid dienone is 1. The standard InChI is InChI=1S/C25H17ClN4O3/c1-15-29-22-14-28-13-19(12-27)23(22)24(31)30(15)9-3-6-16-7-8-20(26)11-21(16)17-4-2-5-18(10-17)25(32)33/h2-8,10-11,13-14H,9H2,1H3,(H,32,33)/b6-3+. The molecule has 2 aromatic heterocycles. The zero-order valence-electron chi connectivity index (χ0n) is 17.5. The number of nitriles is 1. The third kappa shape index (κ3) is 4.38. The number of carboxylic acid groups (broad SMARTS) is 1. The van der Waals surface area contributed by atoms with E-state index in [4.69, 9.17) is 11.6 Å². The van der Waals surface area contributed by atoms with Gasteiger partial charge in [0.15, 0.2) is 0 Å². The van der Waals surface area contributed by atoms with E-state index in [1.807, 2.05) is 30.4 Å². The minimum atomic E-state index is -1.01. The minimum absolute atomic E-state index is 0.176. The van der Waals surface area contributed by atoms with E-state index in [1.54, 1.807) is 31.2 Å². The molecule has 2 heterocycles. The maximum Gasteiger partial charge on any atom is 0.335 e. The van der Waals surface area contributed by atoms with Crippen LogP contribution in [0, 0.1) is 18.3 Å². The number of aryl methyl sites for hydroxylation is 1. The lowest BCUT2D eigenvalue weighted by Gasteiger charge is -2.10. The highest BCUT2D eigenvalue weighted by Crippen LogP contribution is 2.29. The molecule has 4 aromatic rings. The summed E-state index contributed by atoms with van der Waals surface area (Å²) in [6, 6.07) is 13.9. The van der Waals surface area contributed by atoms with Crippen LogP contribution in [-0.2, 0) is 6.54 Å². The second-order valence-electron chi connectivity index (χ2n) is 7.29. The molecule has 0 radical (unpaired) electrons. The maximum absolute atomic E-state index is 13.0. The van der Waals surface area contributed by atoms with E-state index in [0.717, 1.165) is 11.1 Å². The van der Waals surface area contributed by atoms with Crippen LogP contribution >= 0.6 is 11.6 Å². The average Bonchev–Trinajstić information content (AvgIpc) is 2.81. The van der Waals surface area contributed by atoms with E-state index in [-0.39, 0.29) is 28.6 Å². The van der Waals surface area contributed by atoms with Gasteiger partial charge in [0.25, 0.3) is 5.56 Å². The van der Waals surface area contributed by atoms with Crippen molar-refractivity contribution in [2.45, 2.75) is 13.5 Å². The molecule has 162 valence electrons. The van der Waals surface area contributed by atoms with Gasteiger partial charge in [-0.3, -0.25) is 14.3 Å². The first kappa shape index (κ1) is 21.9. The number of fused-ring (bicyclic) bond motifs is 1. The molecule has 0 aliphatic carbocycles. The van der Waals surface area contributed by atoms with Crippen molar-refractivity contribution in [3.8, 4) is 17.2 Å². The summed E-state index contributed by atoms with van der Waals surface area (Å²) in [5, 5.41) is 19.4. The molecule has 8 heteroatoms. The summed E-state index contributed by atoms with van der Waals surface area (Å²) < 4.78 is 1.49. The predicted molar refractivity (Wildman–Crippen MR) is 126 cm³/mol. The van der Waals surface area contributed by atoms with Crippen molar-refractivity contribution in [1.82, 2.24) is 14.5 Å². The van der Waals surface area contributed by atoms with Gasteiger partial charge in [0.2, 0.25) is 0 Å². The third-order valence-electron chi connectivity index (χ3n) is 5.20. The van der Waals surface area contributed by atoms with Crippen LogP contribution in [0.25, 0.3) is 28.1 Å². The molecule has 0 atom stereocenters. The van der Waals surface area contributed by atoms with E-state index in [1.165, 1.54) is 23.0 Å². The van der Waals surface area contributed by atoms with Crippen LogP contribution < -0.4 is 5.56 Å². The summed E-state index contributed by atoms with van der Waals surface area (Å²) in [5.41, 5.74) is 2.71. The lowest BCUT2D eigenvalue weighted by Crippen LogP contribution is -2.24. The van der Waals surface area contributed by atoms with Crippen LogP contribution in [0.2, 0.25) is 5.02 Å². The van der Waals surface area contributed by atoms with E-state index in [0.29, 0.717) is 21.9 Å². The Hall–Kier alpha value is -4.28. The highest BCUT2D eigenvalue weighted by atomic mass is 35.5. The number of aromatic nitrogens is 3. The Labute approximate surface area is 193 Å². The fourth-order valence-corrected chi connectivity index (χ4v) is 3.78. The molecule has 2 aromatic carbocycles. The molecule has 0 amide bonds. The number of hydrogen-bond donors (Lipinski definition) is 1. The number of carboxylic acids is 1. The summed E-state index contributed by atoms with van der Waals surface area (Å²) in [4.78, 5) is 32.8. The second kappa shape index (κ2) is 9.07. The first-order valence-corrected chi connectivity index (χ1v) is 10.3. The van der Waals surface area contributed by atoms with Crippen molar-refractivity contribution in [3.05, 3.63) is 98.8 Å². The maximum atomic E-state index is 13.0. The molecule has 1 N–H and O–H groups in total. The third-order valence-corrected chi connectivity index (χ3v) is 5.43. The number of halogens is 1. The smallest absolute Gasteiger partial charge is 0.335 e. The predicted octanol–water partition coefficient (Wildman–Crippen LogP) is 4.70. The molecule has 0 fully saturated rings. The van der Waals surface area contributed by atoms with Gasteiger partial charge in [-0.05, 0) is 47.9 Å². The van der Waals surface area contributed by atoms with Gasteiger partial charge in [-0.15, -0.1) is 0 Å². The van der Waals surface area contributed by atoms with Crippen LogP contribution in [0.15, 0.2) is 65.7 Å². The van der Waals surface area contributed by atoms with Gasteiger partial charge in [0.1, 0.15) is 11.9 Å². The summed E-state index contributed by atoms with van der Waals surface area (Å²) in [6.45, 7) is 1.96. The van der Waals surface area contributed by atoms with Crippen molar-refractivity contribution < 1.29 is 9.90 Å². The van der Waals surface area contributed by atoms with Crippen molar-refractivity contribution in [2.75, 3.05) is 0 Å². The first-order chi connectivity index (χ1) is 15.9. The minimum Gasteiger partial charge on any atom is -0.478 e. The largest absolute Gasteiger partial charge is 0.478 e. The van der Waals surface area contributed by atoms with E-state index in [9.17, 15) is 20.0 Å². The van der Waals surface area contributed by atoms with E-state index in [2.05, 4.69) is 9.97 Å². The average molecular weight is 457 g/mol. The van der Waals surface area contributed by atoms with Crippen molar-refractivity contribution in [1.29, 1.82) is 5.26 Å². The van der Waals surface area contributed by atoms with Crippen molar-refractivity contribution >= 4 is 34.5 Å². The van der Waals surface area contributed by atoms with E-state index >= 15 is 0 Å². The number of benzene rings is 2. The monoisotopic (exact) mass is 456 g/mol. The Morgan fingerprint density at radius 2 is 2.06 bits per heavy atom. The number of rotatable bonds is 5. The molecule has 0 aliphatic heterocycles. The van der Waals surface area contributed by atoms with Gasteiger partial charge < -0.3 is 5.11 Å². The second-order valence-corrected chi connectivity index (χ2v) is 7.72. The highest BCUT2D eigenvalue weighted by Gasteiger charge is 2.12. The molecule has 33 heavy (non-hydrogen) atoms. The van der Waals surface area contributed by atoms with Crippen LogP contribution in [0.1, 0.15) is 27.3 Å². The SMILES string of the molecule is Cc1nc2cncc(C#N)c2c(=O)n1C/C=C/c1ccc(Cl)cc1-c1cccc(C(=O)O)c1. The lowest BCUT2D eigenvalue weighted by molar-refractivity contribution is 0.0697. The number of nitrogens with zero attached hydrogens (tertiary/aromatic N) is 4. The fourth-order valence-electron chi connectivity index (χ4n) is 3.60. The zero-order valence-corrected chi connectivity index (χ0v) is 18.2. The number of hydrogen-bond acceptors (Lipinski definition) is 5. The zero-order chi connectivity index (χ0) is 23.5. The summed E-state index contributed by atoms with van der Waals surface area (Å²) in [6.07, 6.45) is 6.47. The Bertz CT molecular complexity index is 1530. The molecule has 0 saturated carbocycles. The van der Waals surface area contributed by atoms with Crippen molar-refractivity contribution in [3.63, 3.8) is 0 Å². The quantitative estimate of drug-likeness (QED) is 0.466. The van der Waals surface area contributed by atoms with Crippen LogP contribution in [0.3, 0.4) is 0 Å². The Kier molecular flexibility index (Phi) is 6.03. The van der Waals surface area contributed by atoms with Gasteiger partial charge in [-0.2, -0.15) is 5.26 Å². The molecule has 7 nitrogen and oxygen atoms in total. The van der Waals surface area contributed by atoms with Gasteiger partial charge in [0, 0.05) is 17.8 Å². The Morgan fingerprint density at radius 1 is 1.24 bits per heavy atom. The van der Waals surface area contributed by atoms with Gasteiger partial charge >= 0.3 is 5.97 Å². The van der Waals surface area contributed by atoms with Crippen LogP contribution in [0.4, 0.5) is 0 Å². The van der Waals surface area contributed by atoms with Crippen molar-refractivity contribution in [2.24, 2.45) is 0 Å². The Morgan fingerprint density at radius 3 is 2.82 bits per heavy atom. The molecule has 0 unspecified atom stereocenters. The molecule has 0 bridgehead atoms. The summed E-state index contributed by atoms with van der Waals surface area (Å²) >= 11 is 6.20. The first-order valence-electron chi connectivity index (χ1n) is 9.94. The highest BCUT2D eigenvalue weighted by molar-refractivity contribution is 6.31. The Balaban J connectivity index is 1.73. The fraction of sp³-hybridized carbons (Fsp3) is 0.0800. The topological polar surface area (TPSA) is 109 Å². The van der Waals surface area contributed by atoms with Gasteiger partial charge in [0.05, 0.1) is 28.2 Å². The summed E-state index contributed by atoms with van der Waals surface area (Å²) in [7, 11) is 0. The molecule has 0 saturated heterocycles. The van der Waals surface area contributed by atoms with E-state index < -0.39 is 5.97 Å². The number of pyridine rings is 1. The lowest BCUT2D eigenvalue weighted by atomic mass is 9.97. The molecule has 0 spiro atoms.